The van der Waals surface area contributed by atoms with Crippen molar-refractivity contribution in [1.82, 2.24) is 9.88 Å². The number of anilines is 1. The monoisotopic (exact) mass is 457 g/mol. The van der Waals surface area contributed by atoms with Gasteiger partial charge in [-0.2, -0.15) is 0 Å². The van der Waals surface area contributed by atoms with E-state index >= 15 is 0 Å². The fraction of sp³-hybridized carbons (Fsp3) is 0.391. The lowest BCUT2D eigenvalue weighted by molar-refractivity contribution is -0.120. The first-order valence-electron chi connectivity index (χ1n) is 10.4. The highest BCUT2D eigenvalue weighted by Crippen LogP contribution is 2.31. The quantitative estimate of drug-likeness (QED) is 0.475. The number of aryl methyl sites for hydroxylation is 1. The van der Waals surface area contributed by atoms with Gasteiger partial charge in [-0.05, 0) is 43.0 Å². The van der Waals surface area contributed by atoms with E-state index in [1.165, 1.54) is 4.90 Å². The average molecular weight is 458 g/mol. The maximum absolute atomic E-state index is 13.2. The lowest BCUT2D eigenvalue weighted by Gasteiger charge is -2.29. The van der Waals surface area contributed by atoms with Crippen molar-refractivity contribution < 1.29 is 14.3 Å². The largest absolute Gasteiger partial charge is 0.483 e. The molecule has 6 nitrogen and oxygen atoms in total. The van der Waals surface area contributed by atoms with Crippen LogP contribution in [0, 0.1) is 6.92 Å². The molecule has 1 fully saturated rings. The van der Waals surface area contributed by atoms with Crippen LogP contribution < -0.4 is 9.64 Å². The predicted molar refractivity (Wildman–Crippen MR) is 128 cm³/mol. The highest BCUT2D eigenvalue weighted by atomic mass is 32.2. The third kappa shape index (κ3) is 5.57. The first kappa shape index (κ1) is 22.1. The second kappa shape index (κ2) is 10.5. The molecule has 0 N–H and O–H groups in total. The van der Waals surface area contributed by atoms with E-state index in [-0.39, 0.29) is 12.5 Å². The summed E-state index contributed by atoms with van der Waals surface area (Å²) in [6, 6.07) is 14.0. The van der Waals surface area contributed by atoms with Gasteiger partial charge in [0.05, 0.1) is 23.4 Å². The Kier molecular flexibility index (Phi) is 7.45. The van der Waals surface area contributed by atoms with E-state index in [2.05, 4.69) is 23.3 Å². The normalized spacial score (nSPS) is 14.6. The summed E-state index contributed by atoms with van der Waals surface area (Å²) >= 11 is 3.26. The van der Waals surface area contributed by atoms with Crippen molar-refractivity contribution in [2.45, 2.75) is 11.8 Å². The molecule has 8 heteroatoms. The van der Waals surface area contributed by atoms with Crippen LogP contribution in [0.5, 0.6) is 5.75 Å². The molecule has 1 aromatic heterocycles. The minimum absolute atomic E-state index is 0.0139. The van der Waals surface area contributed by atoms with Crippen molar-refractivity contribution in [3.8, 4) is 5.75 Å². The highest BCUT2D eigenvalue weighted by molar-refractivity contribution is 7.98. The van der Waals surface area contributed by atoms with Crippen LogP contribution in [0.15, 0.2) is 47.4 Å². The van der Waals surface area contributed by atoms with Gasteiger partial charge in [0.25, 0.3) is 5.91 Å². The minimum Gasteiger partial charge on any atom is -0.483 e. The Morgan fingerprint density at radius 2 is 2.06 bits per heavy atom. The van der Waals surface area contributed by atoms with Gasteiger partial charge >= 0.3 is 0 Å². The number of fused-ring (bicyclic) bond motifs is 1. The van der Waals surface area contributed by atoms with E-state index in [1.54, 1.807) is 28.0 Å². The van der Waals surface area contributed by atoms with Gasteiger partial charge in [0.15, 0.2) is 11.7 Å². The van der Waals surface area contributed by atoms with Crippen LogP contribution in [-0.2, 0) is 9.53 Å². The molecule has 3 aromatic rings. The zero-order valence-electron chi connectivity index (χ0n) is 17.9. The number of aromatic nitrogens is 1. The molecular formula is C23H27N3O3S2. The van der Waals surface area contributed by atoms with Crippen LogP contribution in [0.2, 0.25) is 0 Å². The van der Waals surface area contributed by atoms with E-state index in [1.807, 2.05) is 37.3 Å². The lowest BCUT2D eigenvalue weighted by atomic mass is 10.2. The second-order valence-corrected chi connectivity index (χ2v) is 9.27. The van der Waals surface area contributed by atoms with Gasteiger partial charge < -0.3 is 9.47 Å². The molecule has 4 rings (SSSR count). The summed E-state index contributed by atoms with van der Waals surface area (Å²) in [5, 5.41) is 0.722. The Hall–Kier alpha value is -2.13. The Balaban J connectivity index is 1.52. The van der Waals surface area contributed by atoms with Crippen molar-refractivity contribution in [2.24, 2.45) is 0 Å². The van der Waals surface area contributed by atoms with Crippen molar-refractivity contribution in [2.75, 3.05) is 57.2 Å². The number of ether oxygens (including phenoxy) is 2. The number of hydrogen-bond acceptors (Lipinski definition) is 7. The van der Waals surface area contributed by atoms with Crippen molar-refractivity contribution >= 4 is 44.4 Å². The summed E-state index contributed by atoms with van der Waals surface area (Å²) < 4.78 is 12.4. The number of rotatable bonds is 8. The first-order chi connectivity index (χ1) is 15.1. The third-order valence-corrected chi connectivity index (χ3v) is 7.07. The van der Waals surface area contributed by atoms with Gasteiger partial charge in [0.2, 0.25) is 0 Å². The number of morpholine rings is 1. The van der Waals surface area contributed by atoms with Crippen molar-refractivity contribution in [3.05, 3.63) is 48.0 Å². The van der Waals surface area contributed by atoms with Crippen LogP contribution in [0.25, 0.3) is 10.2 Å². The van der Waals surface area contributed by atoms with E-state index in [0.29, 0.717) is 6.54 Å². The summed E-state index contributed by atoms with van der Waals surface area (Å²) in [7, 11) is 0. The molecule has 0 unspecified atom stereocenters. The molecule has 1 aliphatic heterocycles. The molecule has 0 atom stereocenters. The van der Waals surface area contributed by atoms with Crippen LogP contribution in [0.1, 0.15) is 5.56 Å². The molecule has 1 aliphatic rings. The fourth-order valence-electron chi connectivity index (χ4n) is 3.46. The molecule has 2 heterocycles. The topological polar surface area (TPSA) is 54.9 Å². The smallest absolute Gasteiger partial charge is 0.266 e. The van der Waals surface area contributed by atoms with Crippen LogP contribution in [0.3, 0.4) is 0 Å². The zero-order chi connectivity index (χ0) is 21.6. The number of para-hydroxylation sites is 1. The van der Waals surface area contributed by atoms with Crippen molar-refractivity contribution in [1.29, 1.82) is 0 Å². The number of hydrogen-bond donors (Lipinski definition) is 0. The molecule has 0 saturated carbocycles. The van der Waals surface area contributed by atoms with Gasteiger partial charge in [-0.3, -0.25) is 14.6 Å². The Morgan fingerprint density at radius 3 is 2.84 bits per heavy atom. The first-order valence-corrected chi connectivity index (χ1v) is 12.4. The van der Waals surface area contributed by atoms with E-state index in [9.17, 15) is 4.79 Å². The molecule has 164 valence electrons. The van der Waals surface area contributed by atoms with E-state index < -0.39 is 0 Å². The molecule has 0 radical (unpaired) electrons. The van der Waals surface area contributed by atoms with Gasteiger partial charge in [0.1, 0.15) is 5.75 Å². The fourth-order valence-corrected chi connectivity index (χ4v) is 5.03. The standard InChI is InChI=1S/C23H27N3O3S2/c1-17-5-3-4-6-20(17)29-16-22(27)26(10-9-25-11-13-28-14-12-25)23-24-19-8-7-18(30-2)15-21(19)31-23/h3-8,15H,9-14,16H2,1-2H3. The Labute approximate surface area is 191 Å². The maximum Gasteiger partial charge on any atom is 0.266 e. The highest BCUT2D eigenvalue weighted by Gasteiger charge is 2.22. The molecule has 0 spiro atoms. The van der Waals surface area contributed by atoms with Gasteiger partial charge in [-0.15, -0.1) is 11.8 Å². The van der Waals surface area contributed by atoms with Gasteiger partial charge in [0, 0.05) is 31.1 Å². The summed E-state index contributed by atoms with van der Waals surface area (Å²) in [6.45, 7) is 6.58. The molecule has 1 saturated heterocycles. The number of amides is 1. The molecular weight excluding hydrogens is 430 g/mol. The Bertz CT molecular complexity index is 1030. The second-order valence-electron chi connectivity index (χ2n) is 7.38. The summed E-state index contributed by atoms with van der Waals surface area (Å²) in [5.41, 5.74) is 1.93. The predicted octanol–water partition coefficient (Wildman–Crippen LogP) is 4.07. The number of nitrogens with zero attached hydrogens (tertiary/aromatic N) is 3. The third-order valence-electron chi connectivity index (χ3n) is 5.30. The number of benzene rings is 2. The van der Waals surface area contributed by atoms with Crippen LogP contribution in [-0.4, -0.2) is 68.0 Å². The maximum atomic E-state index is 13.2. The SMILES string of the molecule is CSc1ccc2nc(N(CCN3CCOCC3)C(=O)COc3ccccc3C)sc2c1. The van der Waals surface area contributed by atoms with E-state index in [0.717, 1.165) is 59.5 Å². The van der Waals surface area contributed by atoms with Gasteiger partial charge in [-0.25, -0.2) is 4.98 Å². The molecule has 0 bridgehead atoms. The molecule has 2 aromatic carbocycles. The van der Waals surface area contributed by atoms with Crippen LogP contribution in [0.4, 0.5) is 5.13 Å². The molecule has 1 amide bonds. The summed E-state index contributed by atoms with van der Waals surface area (Å²) in [4.78, 5) is 23.3. The summed E-state index contributed by atoms with van der Waals surface area (Å²) in [5.74, 6) is 0.651. The Morgan fingerprint density at radius 1 is 1.26 bits per heavy atom. The van der Waals surface area contributed by atoms with Gasteiger partial charge in [-0.1, -0.05) is 29.5 Å². The average Bonchev–Trinajstić information content (AvgIpc) is 3.22. The van der Waals surface area contributed by atoms with Crippen molar-refractivity contribution in [3.63, 3.8) is 0 Å². The molecule has 31 heavy (non-hydrogen) atoms. The number of carbonyl (C=O) groups is 1. The minimum atomic E-state index is -0.0827. The number of thiazole rings is 1. The van der Waals surface area contributed by atoms with E-state index in [4.69, 9.17) is 14.5 Å². The summed E-state index contributed by atoms with van der Waals surface area (Å²) in [6.07, 6.45) is 2.06. The number of carbonyl (C=O) groups excluding carboxylic acids is 1. The zero-order valence-corrected chi connectivity index (χ0v) is 19.5. The van der Waals surface area contributed by atoms with Crippen LogP contribution >= 0.6 is 23.1 Å². The number of thioether (sulfide) groups is 1. The molecule has 0 aliphatic carbocycles. The lowest BCUT2D eigenvalue weighted by Crippen LogP contribution is -2.44.